The normalized spacial score (nSPS) is 31.9. The first-order valence-electron chi connectivity index (χ1n) is 4.05. The molecule has 0 radical (unpaired) electrons. The van der Waals surface area contributed by atoms with Gasteiger partial charge in [-0.3, -0.25) is 0 Å². The molecule has 0 amide bonds. The quantitative estimate of drug-likeness (QED) is 0.492. The lowest BCUT2D eigenvalue weighted by molar-refractivity contribution is -0.149. The third kappa shape index (κ3) is 1.43. The summed E-state index contributed by atoms with van der Waals surface area (Å²) >= 11 is 0. The number of aldehydes is 1. The second kappa shape index (κ2) is 3.20. The van der Waals surface area contributed by atoms with Gasteiger partial charge in [0.2, 0.25) is 0 Å². The smallest absolute Gasteiger partial charge is 0.332 e. The van der Waals surface area contributed by atoms with Crippen molar-refractivity contribution in [1.29, 1.82) is 0 Å². The van der Waals surface area contributed by atoms with Gasteiger partial charge in [0, 0.05) is 5.70 Å². The van der Waals surface area contributed by atoms with E-state index in [1.54, 1.807) is 13.0 Å². The molecule has 0 aromatic heterocycles. The highest BCUT2D eigenvalue weighted by molar-refractivity contribution is 5.86. The van der Waals surface area contributed by atoms with Crippen molar-refractivity contribution in [2.75, 3.05) is 7.11 Å². The van der Waals surface area contributed by atoms with E-state index < -0.39 is 17.4 Å². The van der Waals surface area contributed by atoms with Gasteiger partial charge in [-0.05, 0) is 13.8 Å². The maximum absolute atomic E-state index is 11.4. The van der Waals surface area contributed by atoms with Crippen molar-refractivity contribution in [3.05, 3.63) is 11.8 Å². The summed E-state index contributed by atoms with van der Waals surface area (Å²) in [6, 6.07) is 0. The Balaban J connectivity index is 2.93. The Bertz CT molecular complexity index is 272. The van der Waals surface area contributed by atoms with E-state index in [4.69, 9.17) is 0 Å². The van der Waals surface area contributed by atoms with Crippen LogP contribution in [0.4, 0.5) is 0 Å². The molecule has 0 aromatic rings. The molecule has 2 atom stereocenters. The minimum Gasteiger partial charge on any atom is -0.467 e. The van der Waals surface area contributed by atoms with E-state index in [9.17, 15) is 9.59 Å². The average Bonchev–Trinajstić information content (AvgIpc) is 2.40. The minimum atomic E-state index is -0.930. The third-order valence-electron chi connectivity index (χ3n) is 2.31. The lowest BCUT2D eigenvalue weighted by atomic mass is 9.89. The van der Waals surface area contributed by atoms with E-state index in [1.165, 1.54) is 7.11 Å². The summed E-state index contributed by atoms with van der Waals surface area (Å²) in [6.07, 6.45) is 2.48. The number of methoxy groups -OCH3 is 1. The first kappa shape index (κ1) is 9.77. The van der Waals surface area contributed by atoms with Crippen molar-refractivity contribution in [2.45, 2.75) is 19.4 Å². The van der Waals surface area contributed by atoms with Gasteiger partial charge in [-0.15, -0.1) is 0 Å². The average molecular weight is 183 g/mol. The molecular formula is C9H13NO3. The molecular weight excluding hydrogens is 170 g/mol. The van der Waals surface area contributed by atoms with Gasteiger partial charge in [-0.25, -0.2) is 4.79 Å². The maximum Gasteiger partial charge on any atom is 0.332 e. The van der Waals surface area contributed by atoms with Crippen molar-refractivity contribution in [3.8, 4) is 0 Å². The zero-order valence-electron chi connectivity index (χ0n) is 7.96. The number of allylic oxidation sites excluding steroid dienone is 1. The number of ether oxygens (including phenoxy) is 1. The molecule has 2 unspecified atom stereocenters. The summed E-state index contributed by atoms with van der Waals surface area (Å²) in [5.74, 6) is -0.863. The predicted octanol–water partition coefficient (Wildman–Crippen LogP) is 0.240. The summed E-state index contributed by atoms with van der Waals surface area (Å²) < 4.78 is 4.62. The monoisotopic (exact) mass is 183 g/mol. The summed E-state index contributed by atoms with van der Waals surface area (Å²) in [5, 5.41) is 2.94. The zero-order valence-corrected chi connectivity index (χ0v) is 7.96. The van der Waals surface area contributed by atoms with Crippen LogP contribution in [0, 0.1) is 5.92 Å². The fourth-order valence-corrected chi connectivity index (χ4v) is 1.55. The van der Waals surface area contributed by atoms with Crippen LogP contribution in [0.5, 0.6) is 0 Å². The molecule has 0 aromatic carbocycles. The van der Waals surface area contributed by atoms with Gasteiger partial charge >= 0.3 is 5.97 Å². The van der Waals surface area contributed by atoms with E-state index >= 15 is 0 Å². The highest BCUT2D eigenvalue weighted by Crippen LogP contribution is 2.26. The Kier molecular flexibility index (Phi) is 2.40. The van der Waals surface area contributed by atoms with Crippen LogP contribution in [0.1, 0.15) is 13.8 Å². The summed E-state index contributed by atoms with van der Waals surface area (Å²) in [6.45, 7) is 3.47. The van der Waals surface area contributed by atoms with Gasteiger partial charge in [0.15, 0.2) is 0 Å². The van der Waals surface area contributed by atoms with Crippen molar-refractivity contribution in [3.63, 3.8) is 0 Å². The fourth-order valence-electron chi connectivity index (χ4n) is 1.55. The number of rotatable bonds is 2. The number of nitrogens with one attached hydrogen (secondary N) is 1. The molecule has 0 saturated heterocycles. The molecule has 0 aliphatic carbocycles. The molecule has 0 saturated carbocycles. The zero-order chi connectivity index (χ0) is 10.1. The second-order valence-corrected chi connectivity index (χ2v) is 3.33. The Morgan fingerprint density at radius 3 is 2.85 bits per heavy atom. The SMILES string of the molecule is COC(=O)C1(C)NC(C)=CC1C=O. The van der Waals surface area contributed by atoms with Gasteiger partial charge < -0.3 is 14.8 Å². The van der Waals surface area contributed by atoms with Crippen molar-refractivity contribution in [2.24, 2.45) is 5.92 Å². The molecule has 1 heterocycles. The molecule has 4 heteroatoms. The van der Waals surface area contributed by atoms with E-state index in [0.717, 1.165) is 12.0 Å². The van der Waals surface area contributed by atoms with Crippen LogP contribution in [0.15, 0.2) is 11.8 Å². The number of esters is 1. The summed E-state index contributed by atoms with van der Waals surface area (Å²) in [5.41, 5.74) is -0.106. The lowest BCUT2D eigenvalue weighted by Gasteiger charge is -2.26. The van der Waals surface area contributed by atoms with Crippen molar-refractivity contribution >= 4 is 12.3 Å². The lowest BCUT2D eigenvalue weighted by Crippen LogP contribution is -2.51. The van der Waals surface area contributed by atoms with Gasteiger partial charge in [0.05, 0.1) is 13.0 Å². The maximum atomic E-state index is 11.4. The fraction of sp³-hybridized carbons (Fsp3) is 0.556. The van der Waals surface area contributed by atoms with Crippen LogP contribution in [-0.4, -0.2) is 24.9 Å². The standard InChI is InChI=1S/C9H13NO3/c1-6-4-7(5-11)9(2,10-6)8(12)13-3/h4-5,7,10H,1-3H3. The van der Waals surface area contributed by atoms with Crippen LogP contribution >= 0.6 is 0 Å². The van der Waals surface area contributed by atoms with Crippen LogP contribution in [-0.2, 0) is 14.3 Å². The van der Waals surface area contributed by atoms with E-state index in [2.05, 4.69) is 10.1 Å². The summed E-state index contributed by atoms with van der Waals surface area (Å²) in [4.78, 5) is 22.1. The highest BCUT2D eigenvalue weighted by atomic mass is 16.5. The molecule has 13 heavy (non-hydrogen) atoms. The summed E-state index contributed by atoms with van der Waals surface area (Å²) in [7, 11) is 1.31. The van der Waals surface area contributed by atoms with Crippen molar-refractivity contribution in [1.82, 2.24) is 5.32 Å². The topological polar surface area (TPSA) is 55.4 Å². The number of carbonyl (C=O) groups excluding carboxylic acids is 2. The largest absolute Gasteiger partial charge is 0.467 e. The van der Waals surface area contributed by atoms with Gasteiger partial charge in [-0.1, -0.05) is 6.08 Å². The molecule has 0 spiro atoms. The highest BCUT2D eigenvalue weighted by Gasteiger charge is 2.45. The first-order chi connectivity index (χ1) is 6.04. The van der Waals surface area contributed by atoms with Crippen LogP contribution in [0.2, 0.25) is 0 Å². The van der Waals surface area contributed by atoms with E-state index in [0.29, 0.717) is 0 Å². The molecule has 0 bridgehead atoms. The molecule has 0 fully saturated rings. The van der Waals surface area contributed by atoms with E-state index in [-0.39, 0.29) is 0 Å². The van der Waals surface area contributed by atoms with Crippen LogP contribution in [0.25, 0.3) is 0 Å². The molecule has 4 nitrogen and oxygen atoms in total. The van der Waals surface area contributed by atoms with Gasteiger partial charge in [0.25, 0.3) is 0 Å². The Morgan fingerprint density at radius 2 is 2.38 bits per heavy atom. The van der Waals surface area contributed by atoms with Gasteiger partial charge in [-0.2, -0.15) is 0 Å². The predicted molar refractivity (Wildman–Crippen MR) is 46.9 cm³/mol. The molecule has 72 valence electrons. The van der Waals surface area contributed by atoms with E-state index in [1.807, 2.05) is 6.92 Å². The number of hydrogen-bond acceptors (Lipinski definition) is 4. The molecule has 1 aliphatic heterocycles. The Morgan fingerprint density at radius 1 is 1.77 bits per heavy atom. The van der Waals surface area contributed by atoms with Crippen LogP contribution in [0.3, 0.4) is 0 Å². The number of carbonyl (C=O) groups is 2. The Hall–Kier alpha value is -1.32. The minimum absolute atomic E-state index is 0.419. The third-order valence-corrected chi connectivity index (χ3v) is 2.31. The van der Waals surface area contributed by atoms with Gasteiger partial charge in [0.1, 0.15) is 11.8 Å². The van der Waals surface area contributed by atoms with Crippen molar-refractivity contribution < 1.29 is 14.3 Å². The number of hydrogen-bond donors (Lipinski definition) is 1. The first-order valence-corrected chi connectivity index (χ1v) is 4.05. The molecule has 1 aliphatic rings. The second-order valence-electron chi connectivity index (χ2n) is 3.33. The van der Waals surface area contributed by atoms with Crippen LogP contribution < -0.4 is 5.32 Å². The molecule has 1 N–H and O–H groups in total. The Labute approximate surface area is 76.9 Å². The molecule has 1 rings (SSSR count).